The number of hydrogen-bond donors (Lipinski definition) is 3. The van der Waals surface area contributed by atoms with Gasteiger partial charge >= 0.3 is 0 Å². The van der Waals surface area contributed by atoms with E-state index >= 15 is 0 Å². The van der Waals surface area contributed by atoms with E-state index in [-0.39, 0.29) is 12.5 Å². The number of likely N-dealkylation sites (N-methyl/N-ethyl adjacent to an activating group) is 1. The second kappa shape index (κ2) is 6.26. The third-order valence-corrected chi connectivity index (χ3v) is 2.34. The van der Waals surface area contributed by atoms with Gasteiger partial charge in [-0.1, -0.05) is 0 Å². The summed E-state index contributed by atoms with van der Waals surface area (Å²) in [5.74, 6) is 1.02. The summed E-state index contributed by atoms with van der Waals surface area (Å²) in [7, 11) is 1.73. The SMILES string of the molecule is CCNC(=O)CNc1nc(NC)ncc1Br. The molecule has 0 saturated carbocycles. The van der Waals surface area contributed by atoms with Crippen LogP contribution in [0.25, 0.3) is 0 Å². The molecule has 1 aromatic heterocycles. The highest BCUT2D eigenvalue weighted by molar-refractivity contribution is 9.10. The van der Waals surface area contributed by atoms with Gasteiger partial charge in [-0.2, -0.15) is 4.98 Å². The molecule has 1 amide bonds. The van der Waals surface area contributed by atoms with E-state index in [2.05, 4.69) is 41.8 Å². The van der Waals surface area contributed by atoms with Crippen molar-refractivity contribution < 1.29 is 4.79 Å². The summed E-state index contributed by atoms with van der Waals surface area (Å²) >= 11 is 3.30. The molecule has 7 heteroatoms. The third-order valence-electron chi connectivity index (χ3n) is 1.76. The van der Waals surface area contributed by atoms with Crippen molar-refractivity contribution in [2.24, 2.45) is 0 Å². The molecule has 0 aliphatic rings. The van der Waals surface area contributed by atoms with Gasteiger partial charge in [0.25, 0.3) is 0 Å². The van der Waals surface area contributed by atoms with Gasteiger partial charge in [-0.05, 0) is 22.9 Å². The number of nitrogens with one attached hydrogen (secondary N) is 3. The summed E-state index contributed by atoms with van der Waals surface area (Å²) in [6, 6.07) is 0. The molecule has 0 bridgehead atoms. The first-order valence-corrected chi connectivity index (χ1v) is 5.67. The molecule has 0 aromatic carbocycles. The van der Waals surface area contributed by atoms with Crippen molar-refractivity contribution in [1.29, 1.82) is 0 Å². The second-order valence-electron chi connectivity index (χ2n) is 2.95. The number of aromatic nitrogens is 2. The normalized spacial score (nSPS) is 9.69. The van der Waals surface area contributed by atoms with Crippen LogP contribution in [0.2, 0.25) is 0 Å². The minimum Gasteiger partial charge on any atom is -0.360 e. The van der Waals surface area contributed by atoms with Gasteiger partial charge in [0.2, 0.25) is 11.9 Å². The largest absolute Gasteiger partial charge is 0.360 e. The van der Waals surface area contributed by atoms with E-state index in [0.29, 0.717) is 18.3 Å². The van der Waals surface area contributed by atoms with Crippen LogP contribution in [0.15, 0.2) is 10.7 Å². The fourth-order valence-electron chi connectivity index (χ4n) is 1.04. The third kappa shape index (κ3) is 3.65. The Morgan fingerprint density at radius 2 is 2.31 bits per heavy atom. The Bertz CT molecular complexity index is 371. The van der Waals surface area contributed by atoms with Crippen molar-refractivity contribution in [2.45, 2.75) is 6.92 Å². The smallest absolute Gasteiger partial charge is 0.239 e. The molecule has 0 saturated heterocycles. The average Bonchev–Trinajstić information content (AvgIpc) is 2.28. The Hall–Kier alpha value is -1.37. The standard InChI is InChI=1S/C9H14BrN5O/c1-3-12-7(16)5-13-8-6(10)4-14-9(11-2)15-8/h4H,3,5H2,1-2H3,(H,12,16)(H2,11,13,14,15). The predicted molar refractivity (Wildman–Crippen MR) is 66.5 cm³/mol. The molecular formula is C9H14BrN5O. The van der Waals surface area contributed by atoms with Gasteiger partial charge in [0.05, 0.1) is 11.0 Å². The lowest BCUT2D eigenvalue weighted by atomic mass is 10.5. The van der Waals surface area contributed by atoms with Gasteiger partial charge in [0.15, 0.2) is 0 Å². The van der Waals surface area contributed by atoms with Crippen LogP contribution < -0.4 is 16.0 Å². The molecule has 0 unspecified atom stereocenters. The minimum absolute atomic E-state index is 0.0704. The molecular weight excluding hydrogens is 274 g/mol. The Kier molecular flexibility index (Phi) is 4.97. The molecule has 1 aromatic rings. The molecule has 0 atom stereocenters. The molecule has 0 fully saturated rings. The van der Waals surface area contributed by atoms with Crippen LogP contribution >= 0.6 is 15.9 Å². The van der Waals surface area contributed by atoms with Gasteiger partial charge in [-0.3, -0.25) is 4.79 Å². The summed E-state index contributed by atoms with van der Waals surface area (Å²) in [5.41, 5.74) is 0. The van der Waals surface area contributed by atoms with Crippen LogP contribution in [-0.2, 0) is 4.79 Å². The van der Waals surface area contributed by atoms with E-state index in [1.165, 1.54) is 0 Å². The van der Waals surface area contributed by atoms with Crippen molar-refractivity contribution in [3.8, 4) is 0 Å². The molecule has 88 valence electrons. The fourth-order valence-corrected chi connectivity index (χ4v) is 1.37. The molecule has 16 heavy (non-hydrogen) atoms. The number of carbonyl (C=O) groups is 1. The van der Waals surface area contributed by atoms with Crippen LogP contribution in [0.1, 0.15) is 6.92 Å². The number of nitrogens with zero attached hydrogens (tertiary/aromatic N) is 2. The molecule has 0 aliphatic carbocycles. The first kappa shape index (κ1) is 12.7. The number of anilines is 2. The van der Waals surface area contributed by atoms with Gasteiger partial charge in [-0.15, -0.1) is 0 Å². The first-order valence-electron chi connectivity index (χ1n) is 4.88. The lowest BCUT2D eigenvalue weighted by molar-refractivity contribution is -0.119. The summed E-state index contributed by atoms with van der Waals surface area (Å²) in [4.78, 5) is 19.4. The van der Waals surface area contributed by atoms with E-state index in [4.69, 9.17) is 0 Å². The van der Waals surface area contributed by atoms with E-state index in [9.17, 15) is 4.79 Å². The highest BCUT2D eigenvalue weighted by Gasteiger charge is 2.05. The van der Waals surface area contributed by atoms with Gasteiger partial charge in [-0.25, -0.2) is 4.98 Å². The van der Waals surface area contributed by atoms with E-state index < -0.39 is 0 Å². The maximum atomic E-state index is 11.2. The highest BCUT2D eigenvalue weighted by atomic mass is 79.9. The van der Waals surface area contributed by atoms with Crippen molar-refractivity contribution in [3.63, 3.8) is 0 Å². The van der Waals surface area contributed by atoms with E-state index in [0.717, 1.165) is 4.47 Å². The Morgan fingerprint density at radius 1 is 1.56 bits per heavy atom. The van der Waals surface area contributed by atoms with Crippen molar-refractivity contribution in [1.82, 2.24) is 15.3 Å². The Labute approximate surface area is 102 Å². The van der Waals surface area contributed by atoms with Crippen LogP contribution in [0.3, 0.4) is 0 Å². The van der Waals surface area contributed by atoms with E-state index in [1.54, 1.807) is 13.2 Å². The van der Waals surface area contributed by atoms with Gasteiger partial charge in [0.1, 0.15) is 5.82 Å². The lowest BCUT2D eigenvalue weighted by Crippen LogP contribution is -2.29. The van der Waals surface area contributed by atoms with Crippen molar-refractivity contribution in [2.75, 3.05) is 30.8 Å². The maximum absolute atomic E-state index is 11.2. The molecule has 0 spiro atoms. The number of hydrogen-bond acceptors (Lipinski definition) is 5. The zero-order valence-electron chi connectivity index (χ0n) is 9.17. The predicted octanol–water partition coefficient (Wildman–Crippen LogP) is 0.829. The second-order valence-corrected chi connectivity index (χ2v) is 3.80. The van der Waals surface area contributed by atoms with Crippen LogP contribution in [-0.4, -0.2) is 36.0 Å². The van der Waals surface area contributed by atoms with Crippen LogP contribution in [0.5, 0.6) is 0 Å². The Balaban J connectivity index is 2.62. The highest BCUT2D eigenvalue weighted by Crippen LogP contribution is 2.19. The Morgan fingerprint density at radius 3 is 2.94 bits per heavy atom. The van der Waals surface area contributed by atoms with Crippen molar-refractivity contribution >= 4 is 33.6 Å². The summed E-state index contributed by atoms with van der Waals surface area (Å²) < 4.78 is 0.718. The molecule has 1 rings (SSSR count). The molecule has 6 nitrogen and oxygen atoms in total. The molecule has 3 N–H and O–H groups in total. The number of carbonyl (C=O) groups excluding carboxylic acids is 1. The first-order chi connectivity index (χ1) is 7.67. The quantitative estimate of drug-likeness (QED) is 0.748. The zero-order valence-corrected chi connectivity index (χ0v) is 10.8. The monoisotopic (exact) mass is 287 g/mol. The van der Waals surface area contributed by atoms with Crippen LogP contribution in [0, 0.1) is 0 Å². The number of rotatable bonds is 5. The number of amides is 1. The van der Waals surface area contributed by atoms with Crippen LogP contribution in [0.4, 0.5) is 11.8 Å². The van der Waals surface area contributed by atoms with E-state index in [1.807, 2.05) is 6.92 Å². The summed E-state index contributed by atoms with van der Waals surface area (Å²) in [5, 5.41) is 8.43. The topological polar surface area (TPSA) is 78.9 Å². The summed E-state index contributed by atoms with van der Waals surface area (Å²) in [6.07, 6.45) is 1.62. The van der Waals surface area contributed by atoms with Gasteiger partial charge < -0.3 is 16.0 Å². The van der Waals surface area contributed by atoms with Gasteiger partial charge in [0, 0.05) is 19.8 Å². The minimum atomic E-state index is -0.0704. The molecule has 1 heterocycles. The average molecular weight is 288 g/mol. The lowest BCUT2D eigenvalue weighted by Gasteiger charge is -2.08. The maximum Gasteiger partial charge on any atom is 0.239 e. The summed E-state index contributed by atoms with van der Waals surface area (Å²) in [6.45, 7) is 2.68. The molecule has 0 aliphatic heterocycles. The zero-order chi connectivity index (χ0) is 12.0. The number of halogens is 1. The van der Waals surface area contributed by atoms with Crippen molar-refractivity contribution in [3.05, 3.63) is 10.7 Å². The molecule has 0 radical (unpaired) electrons. The fraction of sp³-hybridized carbons (Fsp3) is 0.444.